The lowest BCUT2D eigenvalue weighted by Crippen LogP contribution is -2.33. The summed E-state index contributed by atoms with van der Waals surface area (Å²) < 4.78 is 5.27. The van der Waals surface area contributed by atoms with Crippen LogP contribution in [0.2, 0.25) is 0 Å². The predicted molar refractivity (Wildman–Crippen MR) is 102 cm³/mol. The minimum Gasteiger partial charge on any atom is -0.453 e. The fourth-order valence-electron chi connectivity index (χ4n) is 2.82. The quantitative estimate of drug-likeness (QED) is 0.665. The van der Waals surface area contributed by atoms with E-state index in [1.165, 1.54) is 12.8 Å². The molecule has 0 radical (unpaired) electrons. The maximum absolute atomic E-state index is 11.8. The molecule has 1 saturated heterocycles. The average Bonchev–Trinajstić information content (AvgIpc) is 3.18. The van der Waals surface area contributed by atoms with E-state index >= 15 is 0 Å². The summed E-state index contributed by atoms with van der Waals surface area (Å²) in [5, 5.41) is 6.01. The molecule has 0 aromatic carbocycles. The van der Waals surface area contributed by atoms with Crippen molar-refractivity contribution in [2.24, 2.45) is 0 Å². The first-order chi connectivity index (χ1) is 13.1. The number of rotatable bonds is 8. The van der Waals surface area contributed by atoms with Gasteiger partial charge in [-0.3, -0.25) is 4.79 Å². The number of nitrogens with one attached hydrogen (secondary N) is 2. The summed E-state index contributed by atoms with van der Waals surface area (Å²) in [5.41, 5.74) is 0.790. The molecule has 2 N–H and O–H groups in total. The lowest BCUT2D eigenvalue weighted by molar-refractivity contribution is -0.123. The Labute approximate surface area is 158 Å². The van der Waals surface area contributed by atoms with Gasteiger partial charge >= 0.3 is 6.01 Å². The number of nitrogens with zero attached hydrogens (tertiary/aromatic N) is 5. The summed E-state index contributed by atoms with van der Waals surface area (Å²) in [6, 6.07) is 3.93. The van der Waals surface area contributed by atoms with Crippen molar-refractivity contribution in [3.8, 4) is 6.01 Å². The fraction of sp³-hybridized carbons (Fsp3) is 0.500. The van der Waals surface area contributed by atoms with Gasteiger partial charge in [0.2, 0.25) is 0 Å². The SMILES string of the molecule is Cc1ccnc(OCC(=O)NCCNc2cc(N3CCCC3)nc(C)n2)n1. The zero-order valence-electron chi connectivity index (χ0n) is 15.7. The van der Waals surface area contributed by atoms with Crippen LogP contribution in [0.15, 0.2) is 18.3 Å². The molecule has 9 heteroatoms. The monoisotopic (exact) mass is 371 g/mol. The lowest BCUT2D eigenvalue weighted by Gasteiger charge is -2.17. The highest BCUT2D eigenvalue weighted by molar-refractivity contribution is 5.77. The Morgan fingerprint density at radius 1 is 1.19 bits per heavy atom. The van der Waals surface area contributed by atoms with E-state index in [0.717, 1.165) is 36.2 Å². The van der Waals surface area contributed by atoms with Crippen molar-refractivity contribution in [2.45, 2.75) is 26.7 Å². The molecule has 1 aliphatic heterocycles. The molecule has 1 aliphatic rings. The molecule has 144 valence electrons. The molecule has 1 fully saturated rings. The Bertz CT molecular complexity index is 778. The molecule has 3 rings (SSSR count). The van der Waals surface area contributed by atoms with Crippen molar-refractivity contribution in [3.63, 3.8) is 0 Å². The molecule has 27 heavy (non-hydrogen) atoms. The number of carbonyl (C=O) groups excluding carboxylic acids is 1. The highest BCUT2D eigenvalue weighted by atomic mass is 16.5. The fourth-order valence-corrected chi connectivity index (χ4v) is 2.82. The maximum Gasteiger partial charge on any atom is 0.317 e. The second-order valence-electron chi connectivity index (χ2n) is 6.40. The van der Waals surface area contributed by atoms with Crippen LogP contribution in [0.4, 0.5) is 11.6 Å². The first kappa shape index (κ1) is 18.8. The van der Waals surface area contributed by atoms with Gasteiger partial charge < -0.3 is 20.3 Å². The number of ether oxygens (including phenoxy) is 1. The van der Waals surface area contributed by atoms with Crippen LogP contribution >= 0.6 is 0 Å². The molecule has 1 amide bonds. The number of aromatic nitrogens is 4. The summed E-state index contributed by atoms with van der Waals surface area (Å²) in [6.07, 6.45) is 4.00. The van der Waals surface area contributed by atoms with Crippen molar-refractivity contribution in [1.82, 2.24) is 25.3 Å². The van der Waals surface area contributed by atoms with Crippen LogP contribution < -0.4 is 20.3 Å². The van der Waals surface area contributed by atoms with Gasteiger partial charge in [-0.15, -0.1) is 0 Å². The zero-order valence-corrected chi connectivity index (χ0v) is 15.7. The van der Waals surface area contributed by atoms with Crippen molar-refractivity contribution < 1.29 is 9.53 Å². The molecule has 2 aromatic rings. The number of hydrogen-bond donors (Lipinski definition) is 2. The molecule has 0 spiro atoms. The van der Waals surface area contributed by atoms with Gasteiger partial charge in [0.15, 0.2) is 6.61 Å². The maximum atomic E-state index is 11.8. The molecular formula is C18H25N7O2. The van der Waals surface area contributed by atoms with Crippen molar-refractivity contribution >= 4 is 17.5 Å². The lowest BCUT2D eigenvalue weighted by atomic mass is 10.4. The van der Waals surface area contributed by atoms with Gasteiger partial charge in [-0.2, -0.15) is 0 Å². The van der Waals surface area contributed by atoms with Crippen LogP contribution in [-0.2, 0) is 4.79 Å². The molecule has 3 heterocycles. The number of aryl methyl sites for hydroxylation is 2. The smallest absolute Gasteiger partial charge is 0.317 e. The summed E-state index contributed by atoms with van der Waals surface area (Å²) in [4.78, 5) is 31.1. The largest absolute Gasteiger partial charge is 0.453 e. The summed E-state index contributed by atoms with van der Waals surface area (Å²) in [6.45, 7) is 6.70. The number of anilines is 2. The Balaban J connectivity index is 1.40. The van der Waals surface area contributed by atoms with Crippen LogP contribution in [0.1, 0.15) is 24.4 Å². The first-order valence-electron chi connectivity index (χ1n) is 9.14. The van der Waals surface area contributed by atoms with Crippen LogP contribution in [0.25, 0.3) is 0 Å². The number of hydrogen-bond acceptors (Lipinski definition) is 8. The van der Waals surface area contributed by atoms with E-state index in [-0.39, 0.29) is 18.5 Å². The van der Waals surface area contributed by atoms with Gasteiger partial charge in [0, 0.05) is 44.1 Å². The van der Waals surface area contributed by atoms with E-state index in [1.54, 1.807) is 12.3 Å². The van der Waals surface area contributed by atoms with Gasteiger partial charge in [-0.25, -0.2) is 19.9 Å². The van der Waals surface area contributed by atoms with E-state index in [2.05, 4.69) is 35.5 Å². The van der Waals surface area contributed by atoms with Crippen LogP contribution in [0.3, 0.4) is 0 Å². The molecule has 0 bridgehead atoms. The predicted octanol–water partition coefficient (Wildman–Crippen LogP) is 1.09. The van der Waals surface area contributed by atoms with Crippen LogP contribution in [-0.4, -0.2) is 58.6 Å². The van der Waals surface area contributed by atoms with Crippen molar-refractivity contribution in [1.29, 1.82) is 0 Å². The van der Waals surface area contributed by atoms with E-state index in [4.69, 9.17) is 4.74 Å². The Morgan fingerprint density at radius 2 is 2.00 bits per heavy atom. The zero-order chi connectivity index (χ0) is 19.1. The van der Waals surface area contributed by atoms with E-state index < -0.39 is 0 Å². The van der Waals surface area contributed by atoms with Gasteiger partial charge in [0.1, 0.15) is 17.5 Å². The minimum atomic E-state index is -0.224. The second-order valence-corrected chi connectivity index (χ2v) is 6.40. The summed E-state index contributed by atoms with van der Waals surface area (Å²) >= 11 is 0. The van der Waals surface area contributed by atoms with Gasteiger partial charge in [-0.1, -0.05) is 0 Å². The van der Waals surface area contributed by atoms with E-state index in [0.29, 0.717) is 13.1 Å². The molecule has 0 unspecified atom stereocenters. The molecule has 9 nitrogen and oxygen atoms in total. The van der Waals surface area contributed by atoms with Crippen LogP contribution in [0, 0.1) is 13.8 Å². The third kappa shape index (κ3) is 5.77. The van der Waals surface area contributed by atoms with Gasteiger partial charge in [-0.05, 0) is 32.8 Å². The highest BCUT2D eigenvalue weighted by Crippen LogP contribution is 2.20. The normalized spacial score (nSPS) is 13.5. The third-order valence-corrected chi connectivity index (χ3v) is 4.11. The second kappa shape index (κ2) is 9.11. The molecular weight excluding hydrogens is 346 g/mol. The first-order valence-corrected chi connectivity index (χ1v) is 9.14. The highest BCUT2D eigenvalue weighted by Gasteiger charge is 2.15. The third-order valence-electron chi connectivity index (χ3n) is 4.11. The van der Waals surface area contributed by atoms with Crippen LogP contribution in [0.5, 0.6) is 6.01 Å². The Morgan fingerprint density at radius 3 is 2.78 bits per heavy atom. The van der Waals surface area contributed by atoms with Crippen molar-refractivity contribution in [3.05, 3.63) is 29.8 Å². The topological polar surface area (TPSA) is 105 Å². The summed E-state index contributed by atoms with van der Waals surface area (Å²) in [5.74, 6) is 2.23. The van der Waals surface area contributed by atoms with Gasteiger partial charge in [0.25, 0.3) is 5.91 Å². The minimum absolute atomic E-state index is 0.116. The summed E-state index contributed by atoms with van der Waals surface area (Å²) in [7, 11) is 0. The molecule has 0 atom stereocenters. The number of amides is 1. The molecule has 0 saturated carbocycles. The van der Waals surface area contributed by atoms with E-state index in [9.17, 15) is 4.79 Å². The molecule has 2 aromatic heterocycles. The Kier molecular flexibility index (Phi) is 6.35. The van der Waals surface area contributed by atoms with Crippen molar-refractivity contribution in [2.75, 3.05) is 43.0 Å². The molecule has 0 aliphatic carbocycles. The van der Waals surface area contributed by atoms with E-state index in [1.807, 2.05) is 19.9 Å². The average molecular weight is 371 g/mol. The standard InChI is InChI=1S/C18H25N7O2/c1-13-5-6-21-18(22-13)27-12-17(26)20-8-7-19-15-11-16(24-14(2)23-15)25-9-3-4-10-25/h5-6,11H,3-4,7-10,12H2,1-2H3,(H,20,26)(H,19,23,24). The van der Waals surface area contributed by atoms with Gasteiger partial charge in [0.05, 0.1) is 0 Å². The Hall–Kier alpha value is -2.97. The number of carbonyl (C=O) groups is 1.